The number of sulfonamides is 1. The van der Waals surface area contributed by atoms with Crippen LogP contribution in [0.15, 0.2) is 24.3 Å². The van der Waals surface area contributed by atoms with Crippen molar-refractivity contribution in [3.63, 3.8) is 0 Å². The van der Waals surface area contributed by atoms with E-state index in [2.05, 4.69) is 5.32 Å². The van der Waals surface area contributed by atoms with Crippen LogP contribution in [0.3, 0.4) is 0 Å². The van der Waals surface area contributed by atoms with E-state index in [-0.39, 0.29) is 11.7 Å². The van der Waals surface area contributed by atoms with Gasteiger partial charge < -0.3 is 5.32 Å². The normalized spacial score (nSPS) is 29.9. The number of hydrogen-bond acceptors (Lipinski definition) is 3. The molecule has 0 spiro atoms. The van der Waals surface area contributed by atoms with Gasteiger partial charge in [0.25, 0.3) is 5.91 Å². The van der Waals surface area contributed by atoms with Gasteiger partial charge in [0.15, 0.2) is 0 Å². The molecule has 1 amide bonds. The molecule has 1 N–H and O–H groups in total. The summed E-state index contributed by atoms with van der Waals surface area (Å²) >= 11 is 0. The van der Waals surface area contributed by atoms with Crippen LogP contribution in [0.1, 0.15) is 48.9 Å². The van der Waals surface area contributed by atoms with Gasteiger partial charge in [0.2, 0.25) is 10.0 Å². The molecule has 5 nitrogen and oxygen atoms in total. The second kappa shape index (κ2) is 6.63. The molecule has 4 rings (SSSR count). The summed E-state index contributed by atoms with van der Waals surface area (Å²) in [6.07, 6.45) is 7.21. The summed E-state index contributed by atoms with van der Waals surface area (Å²) in [5.41, 5.74) is 1.13. The Balaban J connectivity index is 1.35. The van der Waals surface area contributed by atoms with Crippen molar-refractivity contribution in [3.05, 3.63) is 29.8 Å². The van der Waals surface area contributed by atoms with Gasteiger partial charge in [-0.3, -0.25) is 9.10 Å². The summed E-state index contributed by atoms with van der Waals surface area (Å²) in [5.74, 6) is 2.67. The Labute approximate surface area is 149 Å². The molecule has 0 aromatic heterocycles. The SMILES string of the molecule is O=C(NCC[C@@H]1C[C@H]2CC[C@H]1C2)c1cccc(N2CCCS2(=O)=O)c1. The first kappa shape index (κ1) is 16.9. The molecule has 2 saturated carbocycles. The molecule has 3 aliphatic rings. The number of hydrogen-bond donors (Lipinski definition) is 1. The lowest BCUT2D eigenvalue weighted by molar-refractivity contribution is 0.0949. The van der Waals surface area contributed by atoms with Crippen molar-refractivity contribution in [2.45, 2.75) is 38.5 Å². The molecule has 0 radical (unpaired) electrons. The maximum absolute atomic E-state index is 12.4. The van der Waals surface area contributed by atoms with E-state index in [0.29, 0.717) is 30.8 Å². The molecule has 1 aromatic rings. The van der Waals surface area contributed by atoms with Gasteiger partial charge >= 0.3 is 0 Å². The molecule has 6 heteroatoms. The summed E-state index contributed by atoms with van der Waals surface area (Å²) in [6.45, 7) is 1.20. The van der Waals surface area contributed by atoms with Gasteiger partial charge in [0.1, 0.15) is 0 Å². The number of rotatable bonds is 5. The Bertz CT molecular complexity index is 762. The van der Waals surface area contributed by atoms with E-state index in [1.54, 1.807) is 24.3 Å². The number of benzene rings is 1. The average Bonchev–Trinajstić information content (AvgIpc) is 3.30. The highest BCUT2D eigenvalue weighted by atomic mass is 32.2. The van der Waals surface area contributed by atoms with Crippen molar-refractivity contribution in [3.8, 4) is 0 Å². The first-order chi connectivity index (χ1) is 12.0. The zero-order valence-corrected chi connectivity index (χ0v) is 15.3. The first-order valence-corrected chi connectivity index (χ1v) is 11.0. The van der Waals surface area contributed by atoms with Gasteiger partial charge in [-0.05, 0) is 68.1 Å². The maximum Gasteiger partial charge on any atom is 0.251 e. The molecule has 2 bridgehead atoms. The van der Waals surface area contributed by atoms with E-state index in [4.69, 9.17) is 0 Å². The lowest BCUT2D eigenvalue weighted by Gasteiger charge is -2.21. The highest BCUT2D eigenvalue weighted by Crippen LogP contribution is 2.49. The molecule has 0 unspecified atom stereocenters. The molecule has 1 saturated heterocycles. The summed E-state index contributed by atoms with van der Waals surface area (Å²) in [5, 5.41) is 3.02. The van der Waals surface area contributed by atoms with Gasteiger partial charge in [-0.1, -0.05) is 12.5 Å². The molecule has 3 fully saturated rings. The van der Waals surface area contributed by atoms with E-state index in [1.807, 2.05) is 0 Å². The predicted molar refractivity (Wildman–Crippen MR) is 98.1 cm³/mol. The molecular weight excluding hydrogens is 336 g/mol. The molecule has 3 atom stereocenters. The van der Waals surface area contributed by atoms with Crippen molar-refractivity contribution in [2.24, 2.45) is 17.8 Å². The van der Waals surface area contributed by atoms with Crippen molar-refractivity contribution in [1.29, 1.82) is 0 Å². The van der Waals surface area contributed by atoms with E-state index in [0.717, 1.165) is 24.2 Å². The van der Waals surface area contributed by atoms with Crippen LogP contribution in [0.25, 0.3) is 0 Å². The number of amides is 1. The fourth-order valence-corrected chi connectivity index (χ4v) is 6.49. The van der Waals surface area contributed by atoms with Crippen LogP contribution >= 0.6 is 0 Å². The molecular formula is C19H26N2O3S. The van der Waals surface area contributed by atoms with Crippen LogP contribution in [0.5, 0.6) is 0 Å². The van der Waals surface area contributed by atoms with Crippen molar-refractivity contribution in [2.75, 3.05) is 23.1 Å². The van der Waals surface area contributed by atoms with E-state index < -0.39 is 10.0 Å². The quantitative estimate of drug-likeness (QED) is 0.876. The Morgan fingerprint density at radius 3 is 2.80 bits per heavy atom. The monoisotopic (exact) mass is 362 g/mol. The van der Waals surface area contributed by atoms with E-state index in [1.165, 1.54) is 30.0 Å². The molecule has 1 heterocycles. The largest absolute Gasteiger partial charge is 0.352 e. The third-order valence-electron chi connectivity index (χ3n) is 6.18. The number of carbonyl (C=O) groups is 1. The Kier molecular flexibility index (Phi) is 4.48. The number of fused-ring (bicyclic) bond motifs is 2. The third-order valence-corrected chi connectivity index (χ3v) is 8.05. The zero-order valence-electron chi connectivity index (χ0n) is 14.5. The van der Waals surface area contributed by atoms with Crippen LogP contribution in [-0.4, -0.2) is 33.2 Å². The van der Waals surface area contributed by atoms with Crippen LogP contribution in [0, 0.1) is 17.8 Å². The third kappa shape index (κ3) is 3.41. The minimum absolute atomic E-state index is 0.110. The lowest BCUT2D eigenvalue weighted by Crippen LogP contribution is -2.28. The zero-order chi connectivity index (χ0) is 17.4. The molecule has 25 heavy (non-hydrogen) atoms. The number of carbonyl (C=O) groups excluding carboxylic acids is 1. The predicted octanol–water partition coefficient (Wildman–Crippen LogP) is 2.78. The number of nitrogens with one attached hydrogen (secondary N) is 1. The van der Waals surface area contributed by atoms with Gasteiger partial charge in [0.05, 0.1) is 11.4 Å². The smallest absolute Gasteiger partial charge is 0.251 e. The fourth-order valence-electron chi connectivity index (χ4n) is 4.93. The van der Waals surface area contributed by atoms with E-state index in [9.17, 15) is 13.2 Å². The first-order valence-electron chi connectivity index (χ1n) is 9.41. The van der Waals surface area contributed by atoms with Crippen molar-refractivity contribution >= 4 is 21.6 Å². The van der Waals surface area contributed by atoms with Crippen molar-refractivity contribution in [1.82, 2.24) is 5.32 Å². The van der Waals surface area contributed by atoms with Crippen LogP contribution in [0.2, 0.25) is 0 Å². The lowest BCUT2D eigenvalue weighted by atomic mass is 9.86. The van der Waals surface area contributed by atoms with Gasteiger partial charge in [0, 0.05) is 18.7 Å². The summed E-state index contributed by atoms with van der Waals surface area (Å²) in [4.78, 5) is 12.4. The topological polar surface area (TPSA) is 66.5 Å². The Morgan fingerprint density at radius 2 is 2.12 bits per heavy atom. The Morgan fingerprint density at radius 1 is 1.24 bits per heavy atom. The average molecular weight is 362 g/mol. The highest BCUT2D eigenvalue weighted by molar-refractivity contribution is 7.93. The minimum Gasteiger partial charge on any atom is -0.352 e. The number of nitrogens with zero attached hydrogens (tertiary/aromatic N) is 1. The second-order valence-electron chi connectivity index (χ2n) is 7.77. The molecule has 136 valence electrons. The van der Waals surface area contributed by atoms with Gasteiger partial charge in [-0.15, -0.1) is 0 Å². The van der Waals surface area contributed by atoms with Crippen molar-refractivity contribution < 1.29 is 13.2 Å². The summed E-state index contributed by atoms with van der Waals surface area (Å²) in [6, 6.07) is 6.96. The molecule has 1 aliphatic heterocycles. The van der Waals surface area contributed by atoms with Crippen LogP contribution < -0.4 is 9.62 Å². The van der Waals surface area contributed by atoms with Gasteiger partial charge in [-0.25, -0.2) is 8.42 Å². The van der Waals surface area contributed by atoms with E-state index >= 15 is 0 Å². The number of anilines is 1. The fraction of sp³-hybridized carbons (Fsp3) is 0.632. The molecule has 1 aromatic carbocycles. The summed E-state index contributed by atoms with van der Waals surface area (Å²) in [7, 11) is -3.21. The second-order valence-corrected chi connectivity index (χ2v) is 9.78. The Hall–Kier alpha value is -1.56. The maximum atomic E-state index is 12.4. The minimum atomic E-state index is -3.21. The highest BCUT2D eigenvalue weighted by Gasteiger charge is 2.38. The molecule has 2 aliphatic carbocycles. The standard InChI is InChI=1S/C19H26N2O3S/c22-19(20-8-7-16-12-14-5-6-15(16)11-14)17-3-1-4-18(13-17)21-9-2-10-25(21,23)24/h1,3-4,13-16H,2,5-12H2,(H,20,22)/t14-,15-,16+/m0/s1. The summed E-state index contributed by atoms with van der Waals surface area (Å²) < 4.78 is 25.5. The van der Waals surface area contributed by atoms with Gasteiger partial charge in [-0.2, -0.15) is 0 Å². The van der Waals surface area contributed by atoms with Crippen LogP contribution in [-0.2, 0) is 10.0 Å². The van der Waals surface area contributed by atoms with Crippen LogP contribution in [0.4, 0.5) is 5.69 Å².